The highest BCUT2D eigenvalue weighted by Gasteiger charge is 2.43. The first-order valence-corrected chi connectivity index (χ1v) is 10.9. The molecule has 196 valence electrons. The maximum atomic E-state index is 11.9. The number of ether oxygens (including phenoxy) is 6. The summed E-state index contributed by atoms with van der Waals surface area (Å²) in [6, 6.07) is 6.62. The number of benzene rings is 2. The highest BCUT2D eigenvalue weighted by atomic mass is 16.6. The molecule has 0 radical (unpaired) electrons. The molecule has 0 amide bonds. The normalized spacial score (nSPS) is 17.9. The second-order valence-corrected chi connectivity index (χ2v) is 7.97. The van der Waals surface area contributed by atoms with Crippen LogP contribution in [0.4, 0.5) is 0 Å². The number of rotatable bonds is 6. The fourth-order valence-electron chi connectivity index (χ4n) is 3.71. The lowest BCUT2D eigenvalue weighted by Crippen LogP contribution is -2.38. The van der Waals surface area contributed by atoms with Gasteiger partial charge in [0.1, 0.15) is 23.4 Å². The van der Waals surface area contributed by atoms with Crippen molar-refractivity contribution in [2.45, 2.75) is 52.9 Å². The predicted molar refractivity (Wildman–Crippen MR) is 122 cm³/mol. The van der Waals surface area contributed by atoms with E-state index in [2.05, 4.69) is 0 Å². The van der Waals surface area contributed by atoms with Crippen LogP contribution in [0.15, 0.2) is 30.3 Å². The zero-order valence-corrected chi connectivity index (χ0v) is 20.6. The second-order valence-electron chi connectivity index (χ2n) is 7.97. The average Bonchev–Trinajstić information content (AvgIpc) is 2.74. The van der Waals surface area contributed by atoms with E-state index in [9.17, 15) is 29.1 Å². The molecule has 2 aromatic carbocycles. The van der Waals surface area contributed by atoms with Crippen molar-refractivity contribution in [2.24, 2.45) is 0 Å². The van der Waals surface area contributed by atoms with Crippen molar-refractivity contribution in [3.8, 4) is 28.7 Å². The van der Waals surface area contributed by atoms with Crippen molar-refractivity contribution in [3.63, 3.8) is 0 Å². The molecule has 1 N–H and O–H groups in total. The molecule has 3 atom stereocenters. The molecule has 0 spiro atoms. The Kier molecular flexibility index (Phi) is 8.13. The van der Waals surface area contributed by atoms with Crippen LogP contribution in [0.3, 0.4) is 0 Å². The number of esters is 5. The van der Waals surface area contributed by atoms with E-state index in [4.69, 9.17) is 28.4 Å². The van der Waals surface area contributed by atoms with Crippen molar-refractivity contribution >= 4 is 29.8 Å². The third-order valence-corrected chi connectivity index (χ3v) is 4.86. The fraction of sp³-hybridized carbons (Fsp3) is 0.320. The lowest BCUT2D eigenvalue weighted by atomic mass is 9.91. The zero-order chi connectivity index (χ0) is 27.4. The van der Waals surface area contributed by atoms with Crippen LogP contribution < -0.4 is 23.7 Å². The first-order chi connectivity index (χ1) is 17.3. The standard InChI is InChI=1S/C25H24O12/c1-11(26)32-17-9-20(35-14(4)29)22-21(10-17)37-24(25(23(22)31)36-15(5)30)16-6-7-18(33-12(2)27)19(8-16)34-13(3)28/h6-10,23-25,31H,1-5H3/t23-,24-,25+/m1/s1. The molecule has 37 heavy (non-hydrogen) atoms. The summed E-state index contributed by atoms with van der Waals surface area (Å²) in [4.78, 5) is 58.2. The Bertz CT molecular complexity index is 1260. The van der Waals surface area contributed by atoms with Crippen molar-refractivity contribution in [3.05, 3.63) is 41.5 Å². The van der Waals surface area contributed by atoms with Gasteiger partial charge in [0.25, 0.3) is 0 Å². The highest BCUT2D eigenvalue weighted by Crippen LogP contribution is 2.49. The Morgan fingerprint density at radius 2 is 1.27 bits per heavy atom. The summed E-state index contributed by atoms with van der Waals surface area (Å²) in [6.07, 6.45) is -4.11. The molecule has 1 heterocycles. The summed E-state index contributed by atoms with van der Waals surface area (Å²) in [5, 5.41) is 11.2. The predicted octanol–water partition coefficient (Wildman–Crippen LogP) is 2.49. The van der Waals surface area contributed by atoms with Crippen LogP contribution in [0.5, 0.6) is 28.7 Å². The number of hydrogen-bond donors (Lipinski definition) is 1. The Hall–Kier alpha value is -4.45. The van der Waals surface area contributed by atoms with Crippen LogP contribution in [0.25, 0.3) is 0 Å². The number of aliphatic hydroxyl groups excluding tert-OH is 1. The van der Waals surface area contributed by atoms with Gasteiger partial charge in [-0.3, -0.25) is 24.0 Å². The van der Waals surface area contributed by atoms with E-state index >= 15 is 0 Å². The second kappa shape index (κ2) is 11.1. The first kappa shape index (κ1) is 27.1. The highest BCUT2D eigenvalue weighted by molar-refractivity contribution is 5.75. The summed E-state index contributed by atoms with van der Waals surface area (Å²) < 4.78 is 32.0. The van der Waals surface area contributed by atoms with Gasteiger partial charge < -0.3 is 33.5 Å². The van der Waals surface area contributed by atoms with E-state index in [0.717, 1.165) is 20.8 Å². The molecule has 2 aromatic rings. The van der Waals surface area contributed by atoms with E-state index in [1.807, 2.05) is 0 Å². The lowest BCUT2D eigenvalue weighted by molar-refractivity contribution is -0.164. The molecule has 12 nitrogen and oxygen atoms in total. The van der Waals surface area contributed by atoms with Crippen LogP contribution >= 0.6 is 0 Å². The van der Waals surface area contributed by atoms with Crippen LogP contribution in [0, 0.1) is 0 Å². The minimum absolute atomic E-state index is 0.0228. The summed E-state index contributed by atoms with van der Waals surface area (Å²) in [6.45, 7) is 5.75. The molecule has 0 aromatic heterocycles. The van der Waals surface area contributed by atoms with E-state index in [1.165, 1.54) is 44.2 Å². The fourth-order valence-corrected chi connectivity index (χ4v) is 3.71. The minimum atomic E-state index is -1.57. The van der Waals surface area contributed by atoms with Crippen molar-refractivity contribution in [1.82, 2.24) is 0 Å². The van der Waals surface area contributed by atoms with Crippen molar-refractivity contribution in [1.29, 1.82) is 0 Å². The molecule has 3 rings (SSSR count). The van der Waals surface area contributed by atoms with Gasteiger partial charge in [-0.2, -0.15) is 0 Å². The molecule has 12 heteroatoms. The summed E-state index contributed by atoms with van der Waals surface area (Å²) in [5.41, 5.74) is 0.236. The largest absolute Gasteiger partial charge is 0.481 e. The molecule has 1 aliphatic rings. The summed E-state index contributed by atoms with van der Waals surface area (Å²) in [7, 11) is 0. The molecule has 1 aliphatic heterocycles. The Balaban J connectivity index is 2.17. The van der Waals surface area contributed by atoms with Crippen LogP contribution in [-0.2, 0) is 28.7 Å². The Morgan fingerprint density at radius 1 is 0.703 bits per heavy atom. The SMILES string of the molecule is CC(=O)Oc1cc(OC(C)=O)c2c(c1)O[C@H](c1ccc(OC(C)=O)c(OC(C)=O)c1)[C@@H](OC(C)=O)[C@@H]2O. The topological polar surface area (TPSA) is 161 Å². The van der Waals surface area contributed by atoms with Crippen molar-refractivity contribution in [2.75, 3.05) is 0 Å². The maximum Gasteiger partial charge on any atom is 0.308 e. The zero-order valence-electron chi connectivity index (χ0n) is 20.6. The van der Waals surface area contributed by atoms with Gasteiger partial charge in [0.2, 0.25) is 0 Å². The van der Waals surface area contributed by atoms with Gasteiger partial charge in [0.15, 0.2) is 23.7 Å². The van der Waals surface area contributed by atoms with Gasteiger partial charge in [0, 0.05) is 52.3 Å². The number of aliphatic hydroxyl groups is 1. The number of carbonyl (C=O) groups is 5. The van der Waals surface area contributed by atoms with Gasteiger partial charge in [-0.05, 0) is 12.1 Å². The summed E-state index contributed by atoms with van der Waals surface area (Å²) in [5.74, 6) is -3.92. The number of hydrogen-bond acceptors (Lipinski definition) is 12. The average molecular weight is 516 g/mol. The van der Waals surface area contributed by atoms with Gasteiger partial charge in [0.05, 0.1) is 5.56 Å². The first-order valence-electron chi connectivity index (χ1n) is 10.9. The number of carbonyl (C=O) groups excluding carboxylic acids is 5. The van der Waals surface area contributed by atoms with Crippen molar-refractivity contribution < 1.29 is 57.5 Å². The van der Waals surface area contributed by atoms with E-state index in [-0.39, 0.29) is 39.9 Å². The molecular weight excluding hydrogens is 492 g/mol. The smallest absolute Gasteiger partial charge is 0.308 e. The lowest BCUT2D eigenvalue weighted by Gasteiger charge is -2.37. The Morgan fingerprint density at radius 3 is 1.84 bits per heavy atom. The summed E-state index contributed by atoms with van der Waals surface area (Å²) >= 11 is 0. The van der Waals surface area contributed by atoms with Gasteiger partial charge >= 0.3 is 29.8 Å². The van der Waals surface area contributed by atoms with E-state index in [0.29, 0.717) is 0 Å². The van der Waals surface area contributed by atoms with Crippen LogP contribution in [-0.4, -0.2) is 41.1 Å². The molecule has 0 saturated heterocycles. The quantitative estimate of drug-likeness (QED) is 0.442. The molecule has 0 aliphatic carbocycles. The van der Waals surface area contributed by atoms with Crippen LogP contribution in [0.1, 0.15) is 58.0 Å². The van der Waals surface area contributed by atoms with Gasteiger partial charge in [-0.15, -0.1) is 0 Å². The third kappa shape index (κ3) is 6.61. The molecule has 0 unspecified atom stereocenters. The van der Waals surface area contributed by atoms with Gasteiger partial charge in [-0.1, -0.05) is 6.07 Å². The van der Waals surface area contributed by atoms with Gasteiger partial charge in [-0.25, -0.2) is 0 Å². The monoisotopic (exact) mass is 516 g/mol. The van der Waals surface area contributed by atoms with E-state index < -0.39 is 48.2 Å². The molecule has 0 saturated carbocycles. The minimum Gasteiger partial charge on any atom is -0.481 e. The third-order valence-electron chi connectivity index (χ3n) is 4.86. The number of fused-ring (bicyclic) bond motifs is 1. The van der Waals surface area contributed by atoms with E-state index in [1.54, 1.807) is 0 Å². The molecule has 0 bridgehead atoms. The molecule has 0 fully saturated rings. The van der Waals surface area contributed by atoms with Crippen LogP contribution in [0.2, 0.25) is 0 Å². The molecular formula is C25H24O12. The Labute approximate surface area is 211 Å². The maximum absolute atomic E-state index is 11.9.